The first-order valence-electron chi connectivity index (χ1n) is 6.08. The Morgan fingerprint density at radius 2 is 2.20 bits per heavy atom. The van der Waals surface area contributed by atoms with Gasteiger partial charge in [-0.1, -0.05) is 25.0 Å². The first-order valence-corrected chi connectivity index (χ1v) is 6.08. The molecule has 0 aromatic rings. The highest BCUT2D eigenvalue weighted by Crippen LogP contribution is 2.19. The normalized spacial score (nSPS) is 24.3. The van der Waals surface area contributed by atoms with Gasteiger partial charge in [-0.05, 0) is 33.2 Å². The molecule has 0 N–H and O–H groups in total. The molecule has 0 radical (unpaired) electrons. The molecule has 0 aliphatic carbocycles. The summed E-state index contributed by atoms with van der Waals surface area (Å²) in [5.74, 6) is 0.326. The van der Waals surface area contributed by atoms with Crippen LogP contribution in [-0.4, -0.2) is 29.8 Å². The van der Waals surface area contributed by atoms with Crippen molar-refractivity contribution in [3.8, 4) is 0 Å². The summed E-state index contributed by atoms with van der Waals surface area (Å²) in [6.45, 7) is 5.92. The Balaban J connectivity index is 2.53. The molecule has 1 atom stereocenters. The number of carbonyl (C=O) groups excluding carboxylic acids is 1. The van der Waals surface area contributed by atoms with Gasteiger partial charge in [-0.2, -0.15) is 0 Å². The van der Waals surface area contributed by atoms with Crippen LogP contribution in [0.4, 0.5) is 0 Å². The Morgan fingerprint density at radius 3 is 2.87 bits per heavy atom. The summed E-state index contributed by atoms with van der Waals surface area (Å²) in [5, 5.41) is 0. The van der Waals surface area contributed by atoms with Crippen LogP contribution in [-0.2, 0) is 4.79 Å². The summed E-state index contributed by atoms with van der Waals surface area (Å²) in [7, 11) is 0. The van der Waals surface area contributed by atoms with Gasteiger partial charge in [0.15, 0.2) is 0 Å². The van der Waals surface area contributed by atoms with Crippen molar-refractivity contribution in [2.75, 3.05) is 13.1 Å². The highest BCUT2D eigenvalue weighted by Gasteiger charge is 2.20. The van der Waals surface area contributed by atoms with Gasteiger partial charge < -0.3 is 0 Å². The summed E-state index contributed by atoms with van der Waals surface area (Å²) < 4.78 is 0. The Hall–Kier alpha value is -0.630. The van der Waals surface area contributed by atoms with Crippen LogP contribution in [0.5, 0.6) is 0 Å². The summed E-state index contributed by atoms with van der Waals surface area (Å²) in [6, 6.07) is 0.487. The van der Waals surface area contributed by atoms with Crippen LogP contribution in [0.1, 0.15) is 46.0 Å². The molecule has 0 spiro atoms. The Bertz CT molecular complexity index is 223. The third kappa shape index (κ3) is 4.61. The molecule has 0 saturated carbocycles. The third-order valence-corrected chi connectivity index (χ3v) is 3.10. The molecular weight excluding hydrogens is 186 g/mol. The number of hydrogen-bond acceptors (Lipinski definition) is 2. The Labute approximate surface area is 93.3 Å². The summed E-state index contributed by atoms with van der Waals surface area (Å²) in [5.41, 5.74) is 0. The SMILES string of the molecule is CC=CCN1CCCCCC1CC(C)=O. The molecule has 1 saturated heterocycles. The quantitative estimate of drug-likeness (QED) is 0.664. The molecular formula is C13H23NO. The molecule has 0 aromatic heterocycles. The second kappa shape index (κ2) is 6.78. The first-order chi connectivity index (χ1) is 7.24. The molecule has 2 nitrogen and oxygen atoms in total. The summed E-state index contributed by atoms with van der Waals surface area (Å²) >= 11 is 0. The molecule has 1 heterocycles. The van der Waals surface area contributed by atoms with Crippen LogP contribution in [0, 0.1) is 0 Å². The lowest BCUT2D eigenvalue weighted by Gasteiger charge is -2.28. The van der Waals surface area contributed by atoms with E-state index in [2.05, 4.69) is 24.0 Å². The maximum atomic E-state index is 11.2. The molecule has 0 aromatic carbocycles. The molecule has 0 amide bonds. The van der Waals surface area contributed by atoms with E-state index in [1.54, 1.807) is 6.92 Å². The van der Waals surface area contributed by atoms with Crippen LogP contribution in [0.15, 0.2) is 12.2 Å². The predicted octanol–water partition coefficient (Wildman–Crippen LogP) is 2.79. The molecule has 1 rings (SSSR count). The van der Waals surface area contributed by atoms with E-state index in [0.717, 1.165) is 19.5 Å². The number of nitrogens with zero attached hydrogens (tertiary/aromatic N) is 1. The number of rotatable bonds is 4. The summed E-state index contributed by atoms with van der Waals surface area (Å²) in [4.78, 5) is 13.7. The van der Waals surface area contributed by atoms with Crippen molar-refractivity contribution >= 4 is 5.78 Å². The highest BCUT2D eigenvalue weighted by molar-refractivity contribution is 5.76. The fourth-order valence-corrected chi connectivity index (χ4v) is 2.28. The zero-order chi connectivity index (χ0) is 11.1. The van der Waals surface area contributed by atoms with Crippen LogP contribution in [0.2, 0.25) is 0 Å². The zero-order valence-corrected chi connectivity index (χ0v) is 10.0. The van der Waals surface area contributed by atoms with Crippen molar-refractivity contribution in [3.63, 3.8) is 0 Å². The minimum absolute atomic E-state index is 0.326. The number of ketones is 1. The molecule has 1 unspecified atom stereocenters. The molecule has 1 aliphatic heterocycles. The van der Waals surface area contributed by atoms with Crippen LogP contribution < -0.4 is 0 Å². The zero-order valence-electron chi connectivity index (χ0n) is 10.0. The van der Waals surface area contributed by atoms with Gasteiger partial charge in [0.25, 0.3) is 0 Å². The maximum Gasteiger partial charge on any atom is 0.131 e. The van der Waals surface area contributed by atoms with Gasteiger partial charge in [0, 0.05) is 19.0 Å². The van der Waals surface area contributed by atoms with Crippen molar-refractivity contribution in [2.24, 2.45) is 0 Å². The minimum Gasteiger partial charge on any atom is -0.300 e. The van der Waals surface area contributed by atoms with E-state index in [-0.39, 0.29) is 0 Å². The summed E-state index contributed by atoms with van der Waals surface area (Å²) in [6.07, 6.45) is 10.1. The second-order valence-electron chi connectivity index (χ2n) is 4.47. The van der Waals surface area contributed by atoms with Gasteiger partial charge >= 0.3 is 0 Å². The predicted molar refractivity (Wildman–Crippen MR) is 63.9 cm³/mol. The maximum absolute atomic E-state index is 11.2. The van der Waals surface area contributed by atoms with Crippen LogP contribution in [0.3, 0.4) is 0 Å². The second-order valence-corrected chi connectivity index (χ2v) is 4.47. The van der Waals surface area contributed by atoms with Crippen LogP contribution in [0.25, 0.3) is 0 Å². The molecule has 1 aliphatic rings. The van der Waals surface area contributed by atoms with Gasteiger partial charge in [-0.15, -0.1) is 0 Å². The van der Waals surface area contributed by atoms with E-state index in [1.165, 1.54) is 25.7 Å². The molecule has 15 heavy (non-hydrogen) atoms. The fraction of sp³-hybridized carbons (Fsp3) is 0.769. The van der Waals surface area contributed by atoms with E-state index in [4.69, 9.17) is 0 Å². The van der Waals surface area contributed by atoms with Gasteiger partial charge in [0.2, 0.25) is 0 Å². The molecule has 86 valence electrons. The van der Waals surface area contributed by atoms with Crippen molar-refractivity contribution in [1.29, 1.82) is 0 Å². The average molecular weight is 209 g/mol. The third-order valence-electron chi connectivity index (χ3n) is 3.10. The first kappa shape index (κ1) is 12.4. The van der Waals surface area contributed by atoms with Gasteiger partial charge in [-0.3, -0.25) is 9.69 Å². The highest BCUT2D eigenvalue weighted by atomic mass is 16.1. The fourth-order valence-electron chi connectivity index (χ4n) is 2.28. The number of hydrogen-bond donors (Lipinski definition) is 0. The van der Waals surface area contributed by atoms with E-state index < -0.39 is 0 Å². The van der Waals surface area contributed by atoms with Gasteiger partial charge in [0.1, 0.15) is 5.78 Å². The van der Waals surface area contributed by atoms with E-state index in [0.29, 0.717) is 11.8 Å². The van der Waals surface area contributed by atoms with Crippen molar-refractivity contribution < 1.29 is 4.79 Å². The largest absolute Gasteiger partial charge is 0.300 e. The number of carbonyl (C=O) groups is 1. The topological polar surface area (TPSA) is 20.3 Å². The van der Waals surface area contributed by atoms with Gasteiger partial charge in [-0.25, -0.2) is 0 Å². The van der Waals surface area contributed by atoms with Crippen LogP contribution >= 0.6 is 0 Å². The van der Waals surface area contributed by atoms with E-state index >= 15 is 0 Å². The smallest absolute Gasteiger partial charge is 0.131 e. The lowest BCUT2D eigenvalue weighted by atomic mass is 10.0. The van der Waals surface area contributed by atoms with E-state index in [1.807, 2.05) is 0 Å². The van der Waals surface area contributed by atoms with Crippen molar-refractivity contribution in [1.82, 2.24) is 4.90 Å². The minimum atomic E-state index is 0.326. The monoisotopic (exact) mass is 209 g/mol. The lowest BCUT2D eigenvalue weighted by molar-refractivity contribution is -0.118. The molecule has 2 heteroatoms. The van der Waals surface area contributed by atoms with E-state index in [9.17, 15) is 4.79 Å². The average Bonchev–Trinajstić information content (AvgIpc) is 2.40. The molecule has 0 bridgehead atoms. The standard InChI is InChI=1S/C13H23NO/c1-3-4-9-14-10-7-5-6-8-13(14)11-12(2)15/h3-4,13H,5-11H2,1-2H3. The van der Waals surface area contributed by atoms with Crippen molar-refractivity contribution in [3.05, 3.63) is 12.2 Å². The Kier molecular flexibility index (Phi) is 5.62. The number of likely N-dealkylation sites (tertiary alicyclic amines) is 1. The number of Topliss-reactive ketones (excluding diaryl/α,β-unsaturated/α-hetero) is 1. The molecule has 1 fully saturated rings. The van der Waals surface area contributed by atoms with Crippen molar-refractivity contribution in [2.45, 2.75) is 52.0 Å². The lowest BCUT2D eigenvalue weighted by Crippen LogP contribution is -2.36. The Morgan fingerprint density at radius 1 is 1.40 bits per heavy atom. The van der Waals surface area contributed by atoms with Gasteiger partial charge in [0.05, 0.1) is 0 Å². The number of allylic oxidation sites excluding steroid dienone is 1.